The highest BCUT2D eigenvalue weighted by atomic mass is 35.5. The molecule has 2 saturated heterocycles. The number of piperidine rings is 1. The minimum absolute atomic E-state index is 0.183. The first-order chi connectivity index (χ1) is 15.5. The molecule has 12 heteroatoms. The maximum absolute atomic E-state index is 11.6. The van der Waals surface area contributed by atoms with Crippen molar-refractivity contribution in [3.8, 4) is 5.82 Å². The van der Waals surface area contributed by atoms with Crippen molar-refractivity contribution in [1.29, 1.82) is 0 Å². The molecular weight excluding hydrogens is 438 g/mol. The number of halogens is 1. The van der Waals surface area contributed by atoms with Crippen molar-refractivity contribution in [2.45, 2.75) is 24.5 Å². The van der Waals surface area contributed by atoms with E-state index in [1.807, 2.05) is 6.07 Å². The van der Waals surface area contributed by atoms with Crippen molar-refractivity contribution in [2.24, 2.45) is 0 Å². The normalized spacial score (nSPS) is 22.4. The van der Waals surface area contributed by atoms with Crippen molar-refractivity contribution in [2.75, 3.05) is 45.9 Å². The summed E-state index contributed by atoms with van der Waals surface area (Å²) in [5, 5.41) is 21.9. The van der Waals surface area contributed by atoms with Crippen LogP contribution >= 0.6 is 11.6 Å². The number of ether oxygens (including phenoxy) is 2. The van der Waals surface area contributed by atoms with Crippen molar-refractivity contribution >= 4 is 17.6 Å². The van der Waals surface area contributed by atoms with Crippen LogP contribution in [0.3, 0.4) is 0 Å². The number of aromatic nitrogens is 5. The summed E-state index contributed by atoms with van der Waals surface area (Å²) < 4.78 is 12.7. The van der Waals surface area contributed by atoms with Gasteiger partial charge >= 0.3 is 5.97 Å². The topological polar surface area (TPSA) is 119 Å². The van der Waals surface area contributed by atoms with Gasteiger partial charge in [-0.2, -0.15) is 4.68 Å². The number of esters is 1. The van der Waals surface area contributed by atoms with Gasteiger partial charge in [-0.3, -0.25) is 0 Å². The summed E-state index contributed by atoms with van der Waals surface area (Å²) in [5.74, 6) is 0.140. The Morgan fingerprint density at radius 1 is 1.25 bits per heavy atom. The van der Waals surface area contributed by atoms with Crippen LogP contribution in [0, 0.1) is 0 Å². The summed E-state index contributed by atoms with van der Waals surface area (Å²) in [6.07, 6.45) is 4.16. The van der Waals surface area contributed by atoms with Gasteiger partial charge in [0.05, 0.1) is 24.0 Å². The number of carbonyl (C=O) groups is 1. The molecule has 1 atom stereocenters. The molecule has 0 amide bonds. The van der Waals surface area contributed by atoms with E-state index in [2.05, 4.69) is 30.3 Å². The highest BCUT2D eigenvalue weighted by Crippen LogP contribution is 2.34. The van der Waals surface area contributed by atoms with Gasteiger partial charge in [0, 0.05) is 44.5 Å². The molecule has 0 radical (unpaired) electrons. The van der Waals surface area contributed by atoms with E-state index in [4.69, 9.17) is 21.1 Å². The zero-order chi connectivity index (χ0) is 22.1. The SMILES string of the molecule is O=C1OCC(N2CCOC3(CCN(CC(O)c4ccc(-n5cnnn5)nc4)CC3)C2)=C1Cl. The molecule has 5 heterocycles. The van der Waals surface area contributed by atoms with Crippen molar-refractivity contribution in [1.82, 2.24) is 35.0 Å². The molecule has 3 aliphatic heterocycles. The second kappa shape index (κ2) is 8.74. The van der Waals surface area contributed by atoms with Gasteiger partial charge in [-0.05, 0) is 29.3 Å². The van der Waals surface area contributed by atoms with E-state index >= 15 is 0 Å². The van der Waals surface area contributed by atoms with Gasteiger partial charge in [-0.25, -0.2) is 9.78 Å². The Bertz CT molecular complexity index is 990. The Kier molecular flexibility index (Phi) is 5.80. The summed E-state index contributed by atoms with van der Waals surface area (Å²) in [6.45, 7) is 4.34. The van der Waals surface area contributed by atoms with E-state index in [-0.39, 0.29) is 17.2 Å². The van der Waals surface area contributed by atoms with E-state index in [1.165, 1.54) is 11.0 Å². The van der Waals surface area contributed by atoms with Crippen molar-refractivity contribution < 1.29 is 19.4 Å². The predicted molar refractivity (Wildman–Crippen MR) is 112 cm³/mol. The van der Waals surface area contributed by atoms with Gasteiger partial charge in [0.2, 0.25) is 0 Å². The van der Waals surface area contributed by atoms with E-state index in [0.29, 0.717) is 32.1 Å². The van der Waals surface area contributed by atoms with Gasteiger partial charge in [0.15, 0.2) is 5.82 Å². The minimum Gasteiger partial charge on any atom is -0.455 e. The second-order valence-electron chi connectivity index (χ2n) is 8.31. The smallest absolute Gasteiger partial charge is 0.352 e. The summed E-state index contributed by atoms with van der Waals surface area (Å²) in [4.78, 5) is 20.3. The van der Waals surface area contributed by atoms with Gasteiger partial charge in [0.1, 0.15) is 18.0 Å². The van der Waals surface area contributed by atoms with Crippen LogP contribution in [-0.2, 0) is 14.3 Å². The van der Waals surface area contributed by atoms with Crippen LogP contribution in [0.4, 0.5) is 0 Å². The van der Waals surface area contributed by atoms with Crippen LogP contribution in [0.2, 0.25) is 0 Å². The van der Waals surface area contributed by atoms with E-state index in [0.717, 1.165) is 37.2 Å². The van der Waals surface area contributed by atoms with Crippen molar-refractivity contribution in [3.63, 3.8) is 0 Å². The summed E-state index contributed by atoms with van der Waals surface area (Å²) in [7, 11) is 0. The zero-order valence-electron chi connectivity index (χ0n) is 17.4. The Morgan fingerprint density at radius 2 is 2.09 bits per heavy atom. The highest BCUT2D eigenvalue weighted by molar-refractivity contribution is 6.42. The lowest BCUT2D eigenvalue weighted by molar-refractivity contribution is -0.136. The summed E-state index contributed by atoms with van der Waals surface area (Å²) >= 11 is 6.14. The number of pyridine rings is 1. The third kappa shape index (κ3) is 4.20. The lowest BCUT2D eigenvalue weighted by atomic mass is 9.89. The number of nitrogens with zero attached hydrogens (tertiary/aromatic N) is 7. The first-order valence-electron chi connectivity index (χ1n) is 10.6. The molecule has 0 aliphatic carbocycles. The van der Waals surface area contributed by atoms with Crippen LogP contribution in [0.25, 0.3) is 5.82 Å². The lowest BCUT2D eigenvalue weighted by Crippen LogP contribution is -2.57. The molecular formula is C20H24ClN7O4. The molecule has 1 spiro atoms. The average molecular weight is 462 g/mol. The third-order valence-electron chi connectivity index (χ3n) is 6.34. The zero-order valence-corrected chi connectivity index (χ0v) is 18.2. The quantitative estimate of drug-likeness (QED) is 0.621. The molecule has 0 aromatic carbocycles. The minimum atomic E-state index is -0.645. The predicted octanol–water partition coefficient (Wildman–Crippen LogP) is 0.265. The summed E-state index contributed by atoms with van der Waals surface area (Å²) in [6, 6.07) is 3.62. The van der Waals surface area contributed by atoms with E-state index in [9.17, 15) is 9.90 Å². The van der Waals surface area contributed by atoms with Crippen molar-refractivity contribution in [3.05, 3.63) is 40.9 Å². The average Bonchev–Trinajstić information content (AvgIpc) is 3.46. The van der Waals surface area contributed by atoms with Gasteiger partial charge in [-0.15, -0.1) is 5.10 Å². The van der Waals surface area contributed by atoms with Crippen LogP contribution in [0.15, 0.2) is 35.4 Å². The number of cyclic esters (lactones) is 1. The number of morpholine rings is 1. The van der Waals surface area contributed by atoms with E-state index in [1.54, 1.807) is 12.3 Å². The highest BCUT2D eigenvalue weighted by Gasteiger charge is 2.42. The number of hydrogen-bond acceptors (Lipinski definition) is 10. The third-order valence-corrected chi connectivity index (χ3v) is 6.71. The molecule has 2 aromatic heterocycles. The molecule has 0 saturated carbocycles. The molecule has 3 aliphatic rings. The second-order valence-corrected chi connectivity index (χ2v) is 8.69. The van der Waals surface area contributed by atoms with Gasteiger partial charge in [0.25, 0.3) is 0 Å². The number of aliphatic hydroxyl groups excluding tert-OH is 1. The number of likely N-dealkylation sites (tertiary alicyclic amines) is 1. The monoisotopic (exact) mass is 461 g/mol. The maximum Gasteiger partial charge on any atom is 0.352 e. The fourth-order valence-corrected chi connectivity index (χ4v) is 4.70. The number of aliphatic hydroxyl groups is 1. The van der Waals surface area contributed by atoms with Gasteiger partial charge < -0.3 is 24.4 Å². The van der Waals surface area contributed by atoms with Crippen LogP contribution in [-0.4, -0.2) is 97.6 Å². The fourth-order valence-electron chi connectivity index (χ4n) is 4.48. The molecule has 1 unspecified atom stereocenters. The van der Waals surface area contributed by atoms with Crippen LogP contribution < -0.4 is 0 Å². The number of carbonyl (C=O) groups excluding carboxylic acids is 1. The Balaban J connectivity index is 1.16. The maximum atomic E-state index is 11.6. The van der Waals surface area contributed by atoms with Gasteiger partial charge in [-0.1, -0.05) is 17.7 Å². The number of β-amino-alcohol motifs (C(OH)–C–C–N with tert-alkyl or cyclic N) is 1. The molecule has 0 bridgehead atoms. The molecule has 11 nitrogen and oxygen atoms in total. The molecule has 170 valence electrons. The van der Waals surface area contributed by atoms with E-state index < -0.39 is 12.1 Å². The molecule has 32 heavy (non-hydrogen) atoms. The molecule has 2 aromatic rings. The summed E-state index contributed by atoms with van der Waals surface area (Å²) in [5.41, 5.74) is 1.23. The lowest BCUT2D eigenvalue weighted by Gasteiger charge is -2.48. The number of rotatable bonds is 5. The Morgan fingerprint density at radius 3 is 2.75 bits per heavy atom. The Labute approximate surface area is 189 Å². The van der Waals surface area contributed by atoms with Crippen LogP contribution in [0.1, 0.15) is 24.5 Å². The first kappa shape index (κ1) is 21.3. The standard InChI is InChI=1S/C20H24ClN7O4/c21-18-15(11-31-19(18)30)27-7-8-32-20(12-27)3-5-26(6-4-20)10-16(29)14-1-2-17(22-9-14)28-13-23-24-25-28/h1-2,9,13,16,29H,3-8,10-12H2. The molecule has 5 rings (SSSR count). The number of tetrazole rings is 1. The molecule has 1 N–H and O–H groups in total. The van der Waals surface area contributed by atoms with Crippen LogP contribution in [0.5, 0.6) is 0 Å². The first-order valence-corrected chi connectivity index (χ1v) is 11.0. The number of hydrogen-bond donors (Lipinski definition) is 1. The fraction of sp³-hybridized carbons (Fsp3) is 0.550. The largest absolute Gasteiger partial charge is 0.455 e. The Hall–Kier alpha value is -2.60. The molecule has 2 fully saturated rings.